The molecule has 1 amide bonds. The first-order valence-electron chi connectivity index (χ1n) is 7.79. The van der Waals surface area contributed by atoms with Crippen molar-refractivity contribution < 1.29 is 13.6 Å². The van der Waals surface area contributed by atoms with Crippen LogP contribution in [0.15, 0.2) is 36.5 Å². The van der Waals surface area contributed by atoms with E-state index in [-0.39, 0.29) is 11.7 Å². The summed E-state index contributed by atoms with van der Waals surface area (Å²) in [6, 6.07) is 9.04. The average molecular weight is 331 g/mol. The van der Waals surface area contributed by atoms with Gasteiger partial charge in [-0.3, -0.25) is 9.69 Å². The number of fused-ring (bicyclic) bond motifs is 1. The largest absolute Gasteiger partial charge is 0.339 e. The Morgan fingerprint density at radius 3 is 2.75 bits per heavy atom. The minimum Gasteiger partial charge on any atom is -0.339 e. The van der Waals surface area contributed by atoms with E-state index in [1.807, 2.05) is 19.2 Å². The van der Waals surface area contributed by atoms with E-state index in [0.717, 1.165) is 19.2 Å². The van der Waals surface area contributed by atoms with Gasteiger partial charge in [0.05, 0.1) is 6.20 Å². The van der Waals surface area contributed by atoms with E-state index in [4.69, 9.17) is 0 Å². The smallest absolute Gasteiger partial charge is 0.275 e. The van der Waals surface area contributed by atoms with Crippen molar-refractivity contribution in [1.82, 2.24) is 14.8 Å². The van der Waals surface area contributed by atoms with Crippen molar-refractivity contribution in [3.63, 3.8) is 0 Å². The Morgan fingerprint density at radius 2 is 2.04 bits per heavy atom. The Bertz CT molecular complexity index is 766. The van der Waals surface area contributed by atoms with Gasteiger partial charge in [0.25, 0.3) is 5.91 Å². The van der Waals surface area contributed by atoms with Crippen LogP contribution in [0.2, 0.25) is 0 Å². The van der Waals surface area contributed by atoms with Crippen LogP contribution in [0.4, 0.5) is 8.78 Å². The van der Waals surface area contributed by atoms with E-state index in [0.29, 0.717) is 12.6 Å². The SMILES string of the molecule is CN(C[C@@H]1Cc2ccccc2CN1C)C(=O)c1ncc(F)cc1F. The third-order valence-electron chi connectivity index (χ3n) is 4.46. The Labute approximate surface area is 139 Å². The quantitative estimate of drug-likeness (QED) is 0.867. The zero-order chi connectivity index (χ0) is 17.3. The standard InChI is InChI=1S/C18H19F2N3O/c1-22-10-13-6-4-3-5-12(13)7-15(22)11-23(2)18(24)17-16(20)8-14(19)9-21-17/h3-6,8-9,15H,7,10-11H2,1-2H3/t15-/m0/s1. The lowest BCUT2D eigenvalue weighted by Crippen LogP contribution is -2.46. The summed E-state index contributed by atoms with van der Waals surface area (Å²) in [6.45, 7) is 1.26. The number of benzene rings is 1. The van der Waals surface area contributed by atoms with Crippen LogP contribution < -0.4 is 0 Å². The van der Waals surface area contributed by atoms with Gasteiger partial charge in [0.15, 0.2) is 11.5 Å². The molecule has 4 nitrogen and oxygen atoms in total. The predicted octanol–water partition coefficient (Wildman–Crippen LogP) is 2.49. The minimum absolute atomic E-state index is 0.136. The monoisotopic (exact) mass is 331 g/mol. The number of pyridine rings is 1. The molecule has 2 heterocycles. The molecule has 1 atom stereocenters. The van der Waals surface area contributed by atoms with Crippen molar-refractivity contribution in [2.75, 3.05) is 20.6 Å². The fraction of sp³-hybridized carbons (Fsp3) is 0.333. The van der Waals surface area contributed by atoms with Gasteiger partial charge >= 0.3 is 0 Å². The third-order valence-corrected chi connectivity index (χ3v) is 4.46. The van der Waals surface area contributed by atoms with Crippen LogP contribution in [0, 0.1) is 11.6 Å². The number of halogens is 2. The molecule has 0 aliphatic carbocycles. The summed E-state index contributed by atoms with van der Waals surface area (Å²) in [7, 11) is 3.62. The van der Waals surface area contributed by atoms with E-state index < -0.39 is 17.5 Å². The van der Waals surface area contributed by atoms with E-state index in [1.54, 1.807) is 7.05 Å². The molecule has 0 N–H and O–H groups in total. The highest BCUT2D eigenvalue weighted by molar-refractivity contribution is 5.92. The molecule has 0 radical (unpaired) electrons. The zero-order valence-corrected chi connectivity index (χ0v) is 13.7. The summed E-state index contributed by atoms with van der Waals surface area (Å²) in [4.78, 5) is 19.6. The molecule has 1 aliphatic rings. The van der Waals surface area contributed by atoms with Gasteiger partial charge in [-0.2, -0.15) is 0 Å². The molecule has 1 aliphatic heterocycles. The van der Waals surface area contributed by atoms with Crippen molar-refractivity contribution in [2.45, 2.75) is 19.0 Å². The lowest BCUT2D eigenvalue weighted by Gasteiger charge is -2.36. The second-order valence-corrected chi connectivity index (χ2v) is 6.21. The van der Waals surface area contributed by atoms with Crippen LogP contribution in [-0.2, 0) is 13.0 Å². The van der Waals surface area contributed by atoms with Gasteiger partial charge in [-0.15, -0.1) is 0 Å². The number of aromatic nitrogens is 1. The van der Waals surface area contributed by atoms with Crippen molar-refractivity contribution >= 4 is 5.91 Å². The van der Waals surface area contributed by atoms with E-state index >= 15 is 0 Å². The highest BCUT2D eigenvalue weighted by Gasteiger charge is 2.27. The molecule has 0 fully saturated rings. The number of hydrogen-bond acceptors (Lipinski definition) is 3. The molecular formula is C18H19F2N3O. The molecule has 1 aromatic heterocycles. The lowest BCUT2D eigenvalue weighted by atomic mass is 9.94. The van der Waals surface area contributed by atoms with Gasteiger partial charge in [0.1, 0.15) is 5.82 Å². The van der Waals surface area contributed by atoms with Crippen LogP contribution in [-0.4, -0.2) is 47.4 Å². The first kappa shape index (κ1) is 16.5. The van der Waals surface area contributed by atoms with Crippen molar-refractivity contribution in [3.8, 4) is 0 Å². The number of carbonyl (C=O) groups is 1. The molecule has 0 saturated heterocycles. The summed E-state index contributed by atoms with van der Waals surface area (Å²) < 4.78 is 26.7. The number of amides is 1. The Morgan fingerprint density at radius 1 is 1.33 bits per heavy atom. The average Bonchev–Trinajstić information content (AvgIpc) is 2.55. The van der Waals surface area contributed by atoms with Crippen LogP contribution in [0.25, 0.3) is 0 Å². The van der Waals surface area contributed by atoms with Gasteiger partial charge < -0.3 is 4.90 Å². The maximum Gasteiger partial charge on any atom is 0.275 e. The fourth-order valence-electron chi connectivity index (χ4n) is 3.07. The van der Waals surface area contributed by atoms with Gasteiger partial charge in [0.2, 0.25) is 0 Å². The van der Waals surface area contributed by atoms with E-state index in [9.17, 15) is 13.6 Å². The topological polar surface area (TPSA) is 36.4 Å². The molecule has 1 aromatic carbocycles. The molecule has 0 spiro atoms. The maximum absolute atomic E-state index is 13.8. The number of hydrogen-bond donors (Lipinski definition) is 0. The first-order chi connectivity index (χ1) is 11.5. The Kier molecular flexibility index (Phi) is 4.57. The number of rotatable bonds is 3. The van der Waals surface area contributed by atoms with Crippen LogP contribution in [0.5, 0.6) is 0 Å². The molecule has 24 heavy (non-hydrogen) atoms. The number of nitrogens with zero attached hydrogens (tertiary/aromatic N) is 3. The summed E-state index contributed by atoms with van der Waals surface area (Å²) in [6.07, 6.45) is 1.68. The fourth-order valence-corrected chi connectivity index (χ4v) is 3.07. The van der Waals surface area contributed by atoms with Gasteiger partial charge in [-0.25, -0.2) is 13.8 Å². The Hall–Kier alpha value is -2.34. The second kappa shape index (κ2) is 6.65. The Balaban J connectivity index is 1.72. The molecule has 0 saturated carbocycles. The van der Waals surface area contributed by atoms with Crippen LogP contribution in [0.1, 0.15) is 21.6 Å². The molecule has 126 valence electrons. The summed E-state index contributed by atoms with van der Waals surface area (Å²) in [5.41, 5.74) is 2.21. The van der Waals surface area contributed by atoms with Crippen molar-refractivity contribution in [3.05, 3.63) is 65.0 Å². The highest BCUT2D eigenvalue weighted by atomic mass is 19.1. The number of likely N-dealkylation sites (N-methyl/N-ethyl adjacent to an activating group) is 2. The zero-order valence-electron chi connectivity index (χ0n) is 13.7. The third kappa shape index (κ3) is 3.28. The van der Waals surface area contributed by atoms with Gasteiger partial charge in [-0.1, -0.05) is 24.3 Å². The molecule has 0 unspecified atom stereocenters. The molecule has 0 bridgehead atoms. The number of carbonyl (C=O) groups excluding carboxylic acids is 1. The van der Waals surface area contributed by atoms with Crippen LogP contribution >= 0.6 is 0 Å². The van der Waals surface area contributed by atoms with E-state index in [2.05, 4.69) is 22.0 Å². The first-order valence-corrected chi connectivity index (χ1v) is 7.79. The second-order valence-electron chi connectivity index (χ2n) is 6.21. The molecular weight excluding hydrogens is 312 g/mol. The normalized spacial score (nSPS) is 17.4. The van der Waals surface area contributed by atoms with E-state index in [1.165, 1.54) is 16.0 Å². The summed E-state index contributed by atoms with van der Waals surface area (Å²) in [5, 5.41) is 0. The predicted molar refractivity (Wildman–Crippen MR) is 86.5 cm³/mol. The van der Waals surface area contributed by atoms with Gasteiger partial charge in [0, 0.05) is 32.2 Å². The summed E-state index contributed by atoms with van der Waals surface area (Å²) >= 11 is 0. The maximum atomic E-state index is 13.8. The van der Waals surface area contributed by atoms with Gasteiger partial charge in [-0.05, 0) is 24.6 Å². The highest BCUT2D eigenvalue weighted by Crippen LogP contribution is 2.22. The summed E-state index contributed by atoms with van der Waals surface area (Å²) in [5.74, 6) is -2.27. The molecule has 2 aromatic rings. The minimum atomic E-state index is -0.936. The van der Waals surface area contributed by atoms with Crippen molar-refractivity contribution in [2.24, 2.45) is 0 Å². The molecule has 3 rings (SSSR count). The molecule has 6 heteroatoms. The van der Waals surface area contributed by atoms with Crippen molar-refractivity contribution in [1.29, 1.82) is 0 Å². The lowest BCUT2D eigenvalue weighted by molar-refractivity contribution is 0.0722. The van der Waals surface area contributed by atoms with Crippen LogP contribution in [0.3, 0.4) is 0 Å².